The van der Waals surface area contributed by atoms with Crippen molar-refractivity contribution in [1.82, 2.24) is 9.88 Å². The Morgan fingerprint density at radius 3 is 2.74 bits per heavy atom. The van der Waals surface area contributed by atoms with Crippen LogP contribution in [0.3, 0.4) is 0 Å². The van der Waals surface area contributed by atoms with Crippen LogP contribution in [-0.2, 0) is 0 Å². The number of halogens is 1. The van der Waals surface area contributed by atoms with E-state index in [4.69, 9.17) is 4.42 Å². The van der Waals surface area contributed by atoms with Crippen LogP contribution in [0.15, 0.2) is 59.2 Å². The van der Waals surface area contributed by atoms with Gasteiger partial charge in [-0.25, -0.2) is 9.37 Å². The highest BCUT2D eigenvalue weighted by molar-refractivity contribution is 7.15. The molecule has 2 aromatic carbocycles. The van der Waals surface area contributed by atoms with Gasteiger partial charge >= 0.3 is 0 Å². The molecule has 35 heavy (non-hydrogen) atoms. The average Bonchev–Trinajstić information content (AvgIpc) is 3.49. The lowest BCUT2D eigenvalue weighted by Gasteiger charge is -2.40. The van der Waals surface area contributed by atoms with E-state index in [2.05, 4.69) is 11.9 Å². The van der Waals surface area contributed by atoms with Gasteiger partial charge in [-0.05, 0) is 69.4 Å². The number of aromatic nitrogens is 1. The summed E-state index contributed by atoms with van der Waals surface area (Å²) in [4.78, 5) is 34.2. The van der Waals surface area contributed by atoms with Crippen LogP contribution in [0.2, 0.25) is 0 Å². The number of carbonyl (C=O) groups excluding carboxylic acids is 2. The van der Waals surface area contributed by atoms with Gasteiger partial charge in [0.1, 0.15) is 17.1 Å². The molecule has 2 atom stereocenters. The molecule has 180 valence electrons. The predicted molar refractivity (Wildman–Crippen MR) is 135 cm³/mol. The van der Waals surface area contributed by atoms with Crippen molar-refractivity contribution < 1.29 is 18.4 Å². The molecule has 0 aliphatic carbocycles. The maximum atomic E-state index is 13.8. The molecule has 2 aromatic heterocycles. The normalized spacial score (nSPS) is 18.2. The molecule has 7 heteroatoms. The Kier molecular flexibility index (Phi) is 6.52. The number of benzene rings is 2. The maximum absolute atomic E-state index is 13.8. The largest absolute Gasteiger partial charge is 0.464 e. The monoisotopic (exact) mass is 490 g/mol. The van der Waals surface area contributed by atoms with E-state index >= 15 is 0 Å². The molecule has 5 nitrogen and oxygen atoms in total. The summed E-state index contributed by atoms with van der Waals surface area (Å²) in [7, 11) is 0. The number of aryl methyl sites for hydroxylation is 1. The first-order valence-corrected chi connectivity index (χ1v) is 12.8. The highest BCUT2D eigenvalue weighted by Gasteiger charge is 2.35. The fraction of sp³-hybridized carbons (Fsp3) is 0.321. The highest BCUT2D eigenvalue weighted by atomic mass is 32.1. The first-order chi connectivity index (χ1) is 16.9. The van der Waals surface area contributed by atoms with E-state index in [9.17, 15) is 14.0 Å². The molecular formula is C28H27FN2O3S. The summed E-state index contributed by atoms with van der Waals surface area (Å²) >= 11 is 1.44. The van der Waals surface area contributed by atoms with Crippen LogP contribution >= 0.6 is 11.3 Å². The minimum atomic E-state index is -0.316. The van der Waals surface area contributed by atoms with Crippen LogP contribution in [0.25, 0.3) is 21.4 Å². The second kappa shape index (κ2) is 9.74. The lowest BCUT2D eigenvalue weighted by Crippen LogP contribution is -2.49. The minimum Gasteiger partial charge on any atom is -0.464 e. The van der Waals surface area contributed by atoms with Gasteiger partial charge in [0.2, 0.25) is 0 Å². The number of piperidine rings is 1. The molecule has 1 aliphatic heterocycles. The molecule has 4 aromatic rings. The quantitative estimate of drug-likeness (QED) is 0.272. The molecule has 2 unspecified atom stereocenters. The van der Waals surface area contributed by atoms with Crippen molar-refractivity contribution in [3.63, 3.8) is 0 Å². The van der Waals surface area contributed by atoms with Gasteiger partial charge < -0.3 is 9.32 Å². The molecule has 0 spiro atoms. The van der Waals surface area contributed by atoms with Crippen LogP contribution in [0.1, 0.15) is 64.9 Å². The maximum Gasteiger partial charge on any atom is 0.274 e. The summed E-state index contributed by atoms with van der Waals surface area (Å²) in [5.41, 5.74) is 2.55. The van der Waals surface area contributed by atoms with E-state index in [1.54, 1.807) is 18.4 Å². The van der Waals surface area contributed by atoms with E-state index in [0.29, 0.717) is 29.7 Å². The van der Waals surface area contributed by atoms with Gasteiger partial charge in [-0.2, -0.15) is 0 Å². The number of Topliss-reactive ketones (excluding diaryl/α,β-unsaturated/α-hetero) is 1. The van der Waals surface area contributed by atoms with Gasteiger partial charge in [-0.3, -0.25) is 9.59 Å². The van der Waals surface area contributed by atoms with Crippen molar-refractivity contribution in [1.29, 1.82) is 0 Å². The zero-order valence-corrected chi connectivity index (χ0v) is 20.6. The number of rotatable bonds is 6. The van der Waals surface area contributed by atoms with Crippen LogP contribution < -0.4 is 0 Å². The topological polar surface area (TPSA) is 63.4 Å². The Morgan fingerprint density at radius 1 is 1.14 bits per heavy atom. The molecule has 5 rings (SSSR count). The summed E-state index contributed by atoms with van der Waals surface area (Å²) in [5.74, 6) is -0.377. The Labute approximate surface area is 207 Å². The number of carbonyl (C=O) groups is 2. The Bertz CT molecular complexity index is 1370. The van der Waals surface area contributed by atoms with Gasteiger partial charge in [0, 0.05) is 29.5 Å². The predicted octanol–water partition coefficient (Wildman–Crippen LogP) is 7.05. The van der Waals surface area contributed by atoms with Crippen molar-refractivity contribution in [2.75, 3.05) is 0 Å². The molecule has 1 amide bonds. The average molecular weight is 491 g/mol. The van der Waals surface area contributed by atoms with Crippen LogP contribution in [-0.4, -0.2) is 33.7 Å². The summed E-state index contributed by atoms with van der Waals surface area (Å²) in [6.07, 6.45) is 5.33. The summed E-state index contributed by atoms with van der Waals surface area (Å²) in [6, 6.07) is 13.5. The molecule has 1 saturated heterocycles. The number of fused-ring (bicyclic) bond motifs is 1. The number of thiazole rings is 1. The smallest absolute Gasteiger partial charge is 0.274 e. The number of likely N-dealkylation sites (tertiary alicyclic amines) is 1. The Morgan fingerprint density at radius 2 is 1.94 bits per heavy atom. The highest BCUT2D eigenvalue weighted by Crippen LogP contribution is 2.35. The van der Waals surface area contributed by atoms with Crippen molar-refractivity contribution in [2.24, 2.45) is 0 Å². The van der Waals surface area contributed by atoms with Gasteiger partial charge in [0.25, 0.3) is 5.91 Å². The fourth-order valence-corrected chi connectivity index (χ4v) is 6.01. The second-order valence-corrected chi connectivity index (χ2v) is 10.4. The zero-order valence-electron chi connectivity index (χ0n) is 19.8. The van der Waals surface area contributed by atoms with E-state index in [0.717, 1.165) is 40.1 Å². The van der Waals surface area contributed by atoms with E-state index in [1.165, 1.54) is 23.5 Å². The number of ketones is 1. The van der Waals surface area contributed by atoms with Gasteiger partial charge in [0.05, 0.1) is 16.1 Å². The lowest BCUT2D eigenvalue weighted by molar-refractivity contribution is 0.0451. The number of furan rings is 1. The molecule has 0 saturated carbocycles. The lowest BCUT2D eigenvalue weighted by atomic mass is 9.91. The third-order valence-corrected chi connectivity index (χ3v) is 7.83. The van der Waals surface area contributed by atoms with Gasteiger partial charge in [-0.15, -0.1) is 11.3 Å². The number of nitrogens with zero attached hydrogens (tertiary/aromatic N) is 2. The third-order valence-electron chi connectivity index (χ3n) is 6.81. The first kappa shape index (κ1) is 23.4. The SMILES string of the molecule is Cc1nc(C(=O)N2C(C)CCCC2CCC(=O)c2cccc3occc23)c(-c2ccc(F)cc2)s1. The molecule has 1 fully saturated rings. The van der Waals surface area contributed by atoms with Crippen LogP contribution in [0.4, 0.5) is 4.39 Å². The molecule has 3 heterocycles. The molecule has 1 aliphatic rings. The van der Waals surface area contributed by atoms with E-state index < -0.39 is 0 Å². The van der Waals surface area contributed by atoms with Crippen LogP contribution in [0.5, 0.6) is 0 Å². The van der Waals surface area contributed by atoms with Crippen molar-refractivity contribution in [2.45, 2.75) is 58.0 Å². The zero-order chi connectivity index (χ0) is 24.5. The van der Waals surface area contributed by atoms with Crippen LogP contribution in [0, 0.1) is 12.7 Å². The molecule has 0 radical (unpaired) electrons. The number of hydrogen-bond donors (Lipinski definition) is 0. The number of amides is 1. The molecular weight excluding hydrogens is 463 g/mol. The third kappa shape index (κ3) is 4.65. The molecule has 0 bridgehead atoms. The standard InChI is InChI=1S/C28H27FN2O3S/c1-17-5-3-6-21(13-14-24(32)22-7-4-8-25-23(22)15-16-34-25)31(17)28(33)26-27(35-18(2)30-26)19-9-11-20(29)12-10-19/h4,7-12,15-17,21H,3,5-6,13-14H2,1-2H3. The summed E-state index contributed by atoms with van der Waals surface area (Å²) in [6.45, 7) is 3.94. The summed E-state index contributed by atoms with van der Waals surface area (Å²) in [5, 5.41) is 1.61. The Balaban J connectivity index is 1.38. The minimum absolute atomic E-state index is 0.0400. The first-order valence-electron chi connectivity index (χ1n) is 12.0. The van der Waals surface area contributed by atoms with Crippen molar-refractivity contribution >= 4 is 34.0 Å². The van der Waals surface area contributed by atoms with Crippen molar-refractivity contribution in [3.05, 3.63) is 76.9 Å². The molecule has 0 N–H and O–H groups in total. The fourth-order valence-electron chi connectivity index (χ4n) is 5.10. The van der Waals surface area contributed by atoms with Gasteiger partial charge in [-0.1, -0.05) is 24.3 Å². The Hall–Kier alpha value is -3.32. The number of hydrogen-bond acceptors (Lipinski definition) is 5. The van der Waals surface area contributed by atoms with Crippen molar-refractivity contribution in [3.8, 4) is 10.4 Å². The van der Waals surface area contributed by atoms with E-state index in [1.807, 2.05) is 36.1 Å². The van der Waals surface area contributed by atoms with E-state index in [-0.39, 0.29) is 29.6 Å². The summed E-state index contributed by atoms with van der Waals surface area (Å²) < 4.78 is 18.9. The van der Waals surface area contributed by atoms with Gasteiger partial charge in [0.15, 0.2) is 5.78 Å². The second-order valence-electron chi connectivity index (χ2n) is 9.16.